The van der Waals surface area contributed by atoms with Gasteiger partial charge in [0, 0.05) is 29.4 Å². The summed E-state index contributed by atoms with van der Waals surface area (Å²) < 4.78 is 39.0. The fraction of sp³-hybridized carbons (Fsp3) is 0.667. The normalized spacial score (nSPS) is 18.1. The molecule has 0 radical (unpaired) electrons. The minimum atomic E-state index is -3.68. The van der Waals surface area contributed by atoms with Gasteiger partial charge in [-0.2, -0.15) is 0 Å². The van der Waals surface area contributed by atoms with E-state index in [9.17, 15) is 13.2 Å². The summed E-state index contributed by atoms with van der Waals surface area (Å²) in [5.74, 6) is -0.372. The molecule has 0 unspecified atom stereocenters. The van der Waals surface area contributed by atoms with Crippen LogP contribution in [0.1, 0.15) is 64.9 Å². The lowest BCUT2D eigenvalue weighted by Crippen LogP contribution is -2.47. The Morgan fingerprint density at radius 2 is 1.83 bits per heavy atom. The predicted octanol–water partition coefficient (Wildman–Crippen LogP) is 6.50. The molecular formula is C27H44BrNO5SSi. The highest BCUT2D eigenvalue weighted by Crippen LogP contribution is 2.38. The highest BCUT2D eigenvalue weighted by molar-refractivity contribution is 9.09. The lowest BCUT2D eigenvalue weighted by molar-refractivity contribution is -0.140. The summed E-state index contributed by atoms with van der Waals surface area (Å²) in [6.45, 7) is 13.6. The number of hydrogen-bond acceptors (Lipinski definition) is 6. The SMILES string of the molecule is COC(=O)CC[C@H](CCCBr)C1=C(S(=O)(=O)c2ccc(C)cc2)CC[C@H](CO[Si](C)(C)C(C)(C)C)N1. The summed E-state index contributed by atoms with van der Waals surface area (Å²) in [6.07, 6.45) is 3.56. The topological polar surface area (TPSA) is 81.7 Å². The minimum Gasteiger partial charge on any atom is -0.469 e. The molecule has 0 saturated heterocycles. The first-order valence-corrected chi connectivity index (χ1v) is 18.3. The van der Waals surface area contributed by atoms with Gasteiger partial charge in [0.1, 0.15) is 0 Å². The number of esters is 1. The van der Waals surface area contributed by atoms with Gasteiger partial charge in [0.25, 0.3) is 0 Å². The number of methoxy groups -OCH3 is 1. The molecule has 0 amide bonds. The Kier molecular flexibility index (Phi) is 11.3. The molecule has 2 atom stereocenters. The van der Waals surface area contributed by atoms with Gasteiger partial charge in [-0.1, -0.05) is 54.4 Å². The predicted molar refractivity (Wildman–Crippen MR) is 152 cm³/mol. The number of aryl methyl sites for hydroxylation is 1. The molecule has 1 N–H and O–H groups in total. The summed E-state index contributed by atoms with van der Waals surface area (Å²) in [5, 5.41) is 4.50. The minimum absolute atomic E-state index is 0.0238. The van der Waals surface area contributed by atoms with Gasteiger partial charge in [-0.15, -0.1) is 0 Å². The van der Waals surface area contributed by atoms with Crippen LogP contribution in [0.15, 0.2) is 39.8 Å². The van der Waals surface area contributed by atoms with Crippen molar-refractivity contribution in [2.45, 2.75) is 95.3 Å². The molecule has 6 nitrogen and oxygen atoms in total. The van der Waals surface area contributed by atoms with Crippen molar-refractivity contribution in [3.8, 4) is 0 Å². The van der Waals surface area contributed by atoms with Crippen molar-refractivity contribution in [3.63, 3.8) is 0 Å². The summed E-state index contributed by atoms with van der Waals surface area (Å²) >= 11 is 3.51. The molecule has 0 aliphatic carbocycles. The van der Waals surface area contributed by atoms with Crippen LogP contribution in [0.4, 0.5) is 0 Å². The third-order valence-electron chi connectivity index (χ3n) is 7.51. The highest BCUT2D eigenvalue weighted by atomic mass is 79.9. The number of hydrogen-bond donors (Lipinski definition) is 1. The van der Waals surface area contributed by atoms with Crippen LogP contribution in [-0.2, 0) is 23.8 Å². The van der Waals surface area contributed by atoms with Gasteiger partial charge in [0.05, 0.1) is 23.5 Å². The third-order valence-corrected chi connectivity index (χ3v) is 14.5. The number of nitrogens with one attached hydrogen (secondary N) is 1. The summed E-state index contributed by atoms with van der Waals surface area (Å²) in [4.78, 5) is 12.7. The molecule has 1 aliphatic rings. The van der Waals surface area contributed by atoms with Gasteiger partial charge in [0.15, 0.2) is 8.32 Å². The molecule has 1 aromatic rings. The van der Waals surface area contributed by atoms with Crippen LogP contribution in [-0.4, -0.2) is 47.8 Å². The van der Waals surface area contributed by atoms with E-state index in [0.29, 0.717) is 35.7 Å². The average molecular weight is 603 g/mol. The fourth-order valence-corrected chi connectivity index (χ4v) is 7.15. The summed E-state index contributed by atoms with van der Waals surface area (Å²) in [6, 6.07) is 7.06. The van der Waals surface area contributed by atoms with Gasteiger partial charge in [-0.3, -0.25) is 4.79 Å². The number of rotatable bonds is 12. The number of carbonyl (C=O) groups excluding carboxylic acids is 1. The second-order valence-corrected chi connectivity index (χ2v) is 18.8. The molecule has 2 rings (SSSR count). The Morgan fingerprint density at radius 1 is 1.19 bits per heavy atom. The van der Waals surface area contributed by atoms with E-state index in [2.05, 4.69) is 55.1 Å². The van der Waals surface area contributed by atoms with Gasteiger partial charge in [-0.25, -0.2) is 8.42 Å². The van der Waals surface area contributed by atoms with Crippen molar-refractivity contribution >= 4 is 40.1 Å². The molecular weight excluding hydrogens is 558 g/mol. The first kappa shape index (κ1) is 31.1. The fourth-order valence-electron chi connectivity index (χ4n) is 4.10. The van der Waals surface area contributed by atoms with Crippen LogP contribution in [0, 0.1) is 12.8 Å². The third kappa shape index (κ3) is 8.17. The molecule has 0 spiro atoms. The Morgan fingerprint density at radius 3 is 2.39 bits per heavy atom. The molecule has 9 heteroatoms. The van der Waals surface area contributed by atoms with Crippen molar-refractivity contribution < 1.29 is 22.4 Å². The van der Waals surface area contributed by atoms with Gasteiger partial charge < -0.3 is 14.5 Å². The average Bonchev–Trinajstić information content (AvgIpc) is 2.82. The first-order valence-electron chi connectivity index (χ1n) is 12.8. The molecule has 0 fully saturated rings. The Hall–Kier alpha value is -1.16. The van der Waals surface area contributed by atoms with Crippen LogP contribution in [0.25, 0.3) is 0 Å². The van der Waals surface area contributed by atoms with E-state index in [1.807, 2.05) is 19.1 Å². The first-order chi connectivity index (χ1) is 16.7. The Bertz CT molecular complexity index is 1020. The van der Waals surface area contributed by atoms with Gasteiger partial charge >= 0.3 is 5.97 Å². The number of allylic oxidation sites excluding steroid dienone is 2. The van der Waals surface area contributed by atoms with Crippen LogP contribution >= 0.6 is 15.9 Å². The zero-order valence-electron chi connectivity index (χ0n) is 22.9. The maximum atomic E-state index is 13.8. The molecule has 0 saturated carbocycles. The summed E-state index contributed by atoms with van der Waals surface area (Å²) in [5.41, 5.74) is 1.76. The number of sulfone groups is 1. The number of alkyl halides is 1. The largest absolute Gasteiger partial charge is 0.469 e. The molecule has 36 heavy (non-hydrogen) atoms. The van der Waals surface area contributed by atoms with Crippen LogP contribution in [0.3, 0.4) is 0 Å². The van der Waals surface area contributed by atoms with E-state index in [4.69, 9.17) is 9.16 Å². The lowest BCUT2D eigenvalue weighted by atomic mass is 9.90. The number of halogens is 1. The maximum absolute atomic E-state index is 13.8. The van der Waals surface area contributed by atoms with Crippen molar-refractivity contribution in [1.82, 2.24) is 5.32 Å². The molecule has 1 aliphatic heterocycles. The molecule has 0 aromatic heterocycles. The van der Waals surface area contributed by atoms with Crippen LogP contribution in [0.5, 0.6) is 0 Å². The number of ether oxygens (including phenoxy) is 1. The Balaban J connectivity index is 2.45. The quantitative estimate of drug-likeness (QED) is 0.167. The zero-order valence-corrected chi connectivity index (χ0v) is 26.4. The molecule has 1 aromatic carbocycles. The Labute approximate surface area is 227 Å². The smallest absolute Gasteiger partial charge is 0.305 e. The van der Waals surface area contributed by atoms with E-state index in [1.54, 1.807) is 12.1 Å². The van der Waals surface area contributed by atoms with E-state index in [-0.39, 0.29) is 29.4 Å². The van der Waals surface area contributed by atoms with E-state index >= 15 is 0 Å². The van der Waals surface area contributed by atoms with Crippen LogP contribution in [0.2, 0.25) is 18.1 Å². The zero-order chi connectivity index (χ0) is 27.1. The molecule has 1 heterocycles. The van der Waals surface area contributed by atoms with E-state index < -0.39 is 18.2 Å². The van der Waals surface area contributed by atoms with E-state index in [0.717, 1.165) is 29.4 Å². The lowest BCUT2D eigenvalue weighted by Gasteiger charge is -2.39. The monoisotopic (exact) mass is 601 g/mol. The standard InChI is InChI=1S/C27H44BrNO5SSi/c1-20-10-14-23(15-11-20)35(31,32)24-16-13-22(19-34-36(6,7)27(2,3)4)29-26(24)21(9-8-18-28)12-17-25(30)33-5/h10-11,14-15,21-22,29H,8-9,12-13,16-19H2,1-7H3/t21-,22+/m0/s1. The van der Waals surface area contributed by atoms with Crippen molar-refractivity contribution in [1.29, 1.82) is 0 Å². The maximum Gasteiger partial charge on any atom is 0.305 e. The highest BCUT2D eigenvalue weighted by Gasteiger charge is 2.39. The second kappa shape index (κ2) is 13.1. The number of benzene rings is 1. The van der Waals surface area contributed by atoms with Crippen LogP contribution < -0.4 is 5.32 Å². The molecule has 204 valence electrons. The number of carbonyl (C=O) groups is 1. The van der Waals surface area contributed by atoms with Crippen molar-refractivity contribution in [2.24, 2.45) is 5.92 Å². The summed E-state index contributed by atoms with van der Waals surface area (Å²) in [7, 11) is -4.24. The van der Waals surface area contributed by atoms with Gasteiger partial charge in [-0.05, 0) is 69.3 Å². The van der Waals surface area contributed by atoms with Gasteiger partial charge in [0.2, 0.25) is 9.84 Å². The van der Waals surface area contributed by atoms with Crippen molar-refractivity contribution in [2.75, 3.05) is 19.0 Å². The van der Waals surface area contributed by atoms with Crippen molar-refractivity contribution in [3.05, 3.63) is 40.4 Å². The van der Waals surface area contributed by atoms with E-state index in [1.165, 1.54) is 7.11 Å². The second-order valence-electron chi connectivity index (χ2n) is 11.2. The molecule has 0 bridgehead atoms.